The molecule has 0 aliphatic carbocycles. The van der Waals surface area contributed by atoms with E-state index in [2.05, 4.69) is 10.2 Å². The van der Waals surface area contributed by atoms with Crippen LogP contribution in [0.1, 0.15) is 44.5 Å². The monoisotopic (exact) mass is 420 g/mol. The predicted octanol–water partition coefficient (Wildman–Crippen LogP) is 3.68. The summed E-state index contributed by atoms with van der Waals surface area (Å²) in [6.45, 7) is 4.63. The number of hydrogen-bond acceptors (Lipinski definition) is 5. The van der Waals surface area contributed by atoms with Gasteiger partial charge >= 0.3 is 5.51 Å². The Labute approximate surface area is 160 Å². The van der Waals surface area contributed by atoms with Crippen LogP contribution in [0.2, 0.25) is 0 Å². The van der Waals surface area contributed by atoms with Crippen LogP contribution in [0.3, 0.4) is 0 Å². The molecule has 1 aliphatic rings. The minimum atomic E-state index is -5.66. The highest BCUT2D eigenvalue weighted by Gasteiger charge is 2.48. The molecule has 0 atom stereocenters. The summed E-state index contributed by atoms with van der Waals surface area (Å²) >= 11 is 0. The first-order valence-corrected chi connectivity index (χ1v) is 10.3. The van der Waals surface area contributed by atoms with E-state index in [4.69, 9.17) is 0 Å². The summed E-state index contributed by atoms with van der Waals surface area (Å²) in [6.07, 6.45) is 2.77. The summed E-state index contributed by atoms with van der Waals surface area (Å²) in [6, 6.07) is 2.65. The SMILES string of the molecule is CC(C)n1cnnc1C1CCN(c2ccc(F)cc2S(=O)(=O)C(F)(F)F)CC1. The lowest BCUT2D eigenvalue weighted by molar-refractivity contribution is -0.0435. The number of hydrogen-bond donors (Lipinski definition) is 0. The van der Waals surface area contributed by atoms with Gasteiger partial charge in [-0.2, -0.15) is 13.2 Å². The molecule has 0 saturated carbocycles. The number of halogens is 4. The molecule has 154 valence electrons. The first-order chi connectivity index (χ1) is 13.0. The molecule has 0 amide bonds. The van der Waals surface area contributed by atoms with Gasteiger partial charge in [-0.05, 0) is 44.9 Å². The highest BCUT2D eigenvalue weighted by molar-refractivity contribution is 7.92. The van der Waals surface area contributed by atoms with Gasteiger partial charge in [0.25, 0.3) is 9.84 Å². The van der Waals surface area contributed by atoms with Crippen molar-refractivity contribution in [3.8, 4) is 0 Å². The van der Waals surface area contributed by atoms with Crippen LogP contribution < -0.4 is 4.90 Å². The van der Waals surface area contributed by atoms with Gasteiger partial charge in [0.05, 0.1) is 5.69 Å². The van der Waals surface area contributed by atoms with Crippen molar-refractivity contribution in [2.45, 2.75) is 49.1 Å². The van der Waals surface area contributed by atoms with E-state index in [1.807, 2.05) is 18.4 Å². The molecule has 2 aromatic rings. The second kappa shape index (κ2) is 7.34. The van der Waals surface area contributed by atoms with Crippen molar-refractivity contribution in [1.29, 1.82) is 0 Å². The highest BCUT2D eigenvalue weighted by atomic mass is 32.2. The van der Waals surface area contributed by atoms with Crippen LogP contribution in [-0.4, -0.2) is 41.8 Å². The topological polar surface area (TPSA) is 68.1 Å². The van der Waals surface area contributed by atoms with Crippen molar-refractivity contribution in [2.75, 3.05) is 18.0 Å². The van der Waals surface area contributed by atoms with E-state index in [9.17, 15) is 26.0 Å². The molecule has 1 fully saturated rings. The van der Waals surface area contributed by atoms with Gasteiger partial charge in [-0.1, -0.05) is 0 Å². The minimum absolute atomic E-state index is 0.0595. The van der Waals surface area contributed by atoms with E-state index < -0.39 is 26.1 Å². The molecule has 0 bridgehead atoms. The van der Waals surface area contributed by atoms with Crippen molar-refractivity contribution in [3.05, 3.63) is 36.2 Å². The summed E-state index contributed by atoms with van der Waals surface area (Å²) in [5, 5.41) is 8.09. The van der Waals surface area contributed by atoms with Crippen molar-refractivity contribution in [2.24, 2.45) is 0 Å². The number of rotatable bonds is 4. The molecular formula is C17H20F4N4O2S. The molecule has 1 saturated heterocycles. The van der Waals surface area contributed by atoms with E-state index in [1.165, 1.54) is 0 Å². The number of alkyl halides is 3. The van der Waals surface area contributed by atoms with Gasteiger partial charge in [0.15, 0.2) is 0 Å². The van der Waals surface area contributed by atoms with Gasteiger partial charge in [-0.25, -0.2) is 12.8 Å². The maximum Gasteiger partial charge on any atom is 0.501 e. The second-order valence-corrected chi connectivity index (χ2v) is 8.92. The third kappa shape index (κ3) is 3.71. The van der Waals surface area contributed by atoms with Crippen LogP contribution in [0.4, 0.5) is 23.2 Å². The van der Waals surface area contributed by atoms with Gasteiger partial charge in [-0.3, -0.25) is 0 Å². The van der Waals surface area contributed by atoms with Crippen LogP contribution in [0, 0.1) is 5.82 Å². The fourth-order valence-corrected chi connectivity index (χ4v) is 4.40. The molecule has 1 aromatic heterocycles. The zero-order chi connectivity index (χ0) is 20.7. The Bertz CT molecular complexity index is 948. The van der Waals surface area contributed by atoms with Crippen molar-refractivity contribution in [1.82, 2.24) is 14.8 Å². The summed E-state index contributed by atoms with van der Waals surface area (Å²) in [5.41, 5.74) is -5.64. The van der Waals surface area contributed by atoms with E-state index >= 15 is 0 Å². The van der Waals surface area contributed by atoms with Gasteiger partial charge < -0.3 is 9.47 Å². The third-order valence-electron chi connectivity index (χ3n) is 4.87. The van der Waals surface area contributed by atoms with Crippen LogP contribution in [0.15, 0.2) is 29.4 Å². The number of nitrogens with zero attached hydrogens (tertiary/aromatic N) is 4. The van der Waals surface area contributed by atoms with Crippen molar-refractivity contribution in [3.63, 3.8) is 0 Å². The fourth-order valence-electron chi connectivity index (χ4n) is 3.41. The number of benzene rings is 1. The molecule has 1 aromatic carbocycles. The van der Waals surface area contributed by atoms with Crippen LogP contribution in [0.25, 0.3) is 0 Å². The smallest absolute Gasteiger partial charge is 0.370 e. The summed E-state index contributed by atoms with van der Waals surface area (Å²) in [7, 11) is -5.66. The average Bonchev–Trinajstić information content (AvgIpc) is 3.11. The molecule has 0 unspecified atom stereocenters. The summed E-state index contributed by atoms with van der Waals surface area (Å²) in [5.74, 6) is -0.173. The maximum absolute atomic E-state index is 13.5. The lowest BCUT2D eigenvalue weighted by Crippen LogP contribution is -2.35. The Hall–Kier alpha value is -2.17. The Kier molecular flexibility index (Phi) is 5.39. The lowest BCUT2D eigenvalue weighted by Gasteiger charge is -2.34. The molecule has 3 rings (SSSR count). The molecule has 28 heavy (non-hydrogen) atoms. The van der Waals surface area contributed by atoms with E-state index in [0.29, 0.717) is 32.0 Å². The predicted molar refractivity (Wildman–Crippen MR) is 94.2 cm³/mol. The third-order valence-corrected chi connectivity index (χ3v) is 6.39. The number of aromatic nitrogens is 3. The summed E-state index contributed by atoms with van der Waals surface area (Å²) < 4.78 is 78.3. The Morgan fingerprint density at radius 2 is 1.82 bits per heavy atom. The zero-order valence-electron chi connectivity index (χ0n) is 15.3. The van der Waals surface area contributed by atoms with Gasteiger partial charge in [-0.15, -0.1) is 10.2 Å². The van der Waals surface area contributed by atoms with Gasteiger partial charge in [0.1, 0.15) is 22.9 Å². The Balaban J connectivity index is 1.86. The fraction of sp³-hybridized carbons (Fsp3) is 0.529. The van der Waals surface area contributed by atoms with Gasteiger partial charge in [0, 0.05) is 25.0 Å². The molecule has 0 N–H and O–H groups in total. The molecule has 11 heteroatoms. The molecular weight excluding hydrogens is 400 g/mol. The highest BCUT2D eigenvalue weighted by Crippen LogP contribution is 2.38. The number of sulfone groups is 1. The largest absolute Gasteiger partial charge is 0.501 e. The van der Waals surface area contributed by atoms with Gasteiger partial charge in [0.2, 0.25) is 0 Å². The normalized spacial score (nSPS) is 16.8. The zero-order valence-corrected chi connectivity index (χ0v) is 16.1. The average molecular weight is 420 g/mol. The summed E-state index contributed by atoms with van der Waals surface area (Å²) in [4.78, 5) is 0.494. The molecule has 1 aliphatic heterocycles. The molecule has 0 spiro atoms. The molecule has 2 heterocycles. The van der Waals surface area contributed by atoms with Crippen LogP contribution in [-0.2, 0) is 9.84 Å². The second-order valence-electron chi connectivity index (χ2n) is 7.01. The van der Waals surface area contributed by atoms with Crippen molar-refractivity contribution >= 4 is 15.5 Å². The van der Waals surface area contributed by atoms with Crippen LogP contribution in [0.5, 0.6) is 0 Å². The van der Waals surface area contributed by atoms with E-state index in [1.54, 1.807) is 11.2 Å². The lowest BCUT2D eigenvalue weighted by atomic mass is 9.95. The first-order valence-electron chi connectivity index (χ1n) is 8.77. The maximum atomic E-state index is 13.5. The molecule has 0 radical (unpaired) electrons. The van der Waals surface area contributed by atoms with E-state index in [0.717, 1.165) is 18.0 Å². The molecule has 6 nitrogen and oxygen atoms in total. The standard InChI is InChI=1S/C17H20F4N4O2S/c1-11(2)25-10-22-23-16(25)12-5-7-24(8-6-12)14-4-3-13(18)9-15(14)28(26,27)17(19,20)21/h3-4,9-12H,5-8H2,1-2H3. The quantitative estimate of drug-likeness (QED) is 0.706. The number of piperidine rings is 1. The van der Waals surface area contributed by atoms with E-state index in [-0.39, 0.29) is 17.6 Å². The Morgan fingerprint density at radius 1 is 1.18 bits per heavy atom. The first kappa shape index (κ1) is 20.6. The Morgan fingerprint density at radius 3 is 2.39 bits per heavy atom. The minimum Gasteiger partial charge on any atom is -0.370 e. The number of anilines is 1. The van der Waals surface area contributed by atoms with Crippen LogP contribution >= 0.6 is 0 Å². The van der Waals surface area contributed by atoms with Crippen molar-refractivity contribution < 1.29 is 26.0 Å².